The molecule has 0 bridgehead atoms. The minimum Gasteiger partial charge on any atom is -0.306 e. The molecule has 114 valence electrons. The minimum atomic E-state index is -0.154. The molecular formula is C16H16ClN3OS. The van der Waals surface area contributed by atoms with Gasteiger partial charge in [-0.25, -0.2) is 4.79 Å². The Labute approximate surface area is 138 Å². The standard InChI is InChI=1S/C16H16ClN3OS/c1-2-22-15-8-11-5-7-20(14(11)9-13(15)17)16(21)19-12-4-3-6-18-10-12/h3-4,6,8-10H,2,5,7H2,1H3,(H,19,21). The maximum atomic E-state index is 12.4. The van der Waals surface area contributed by atoms with Crippen LogP contribution in [-0.4, -0.2) is 23.3 Å². The first-order valence-corrected chi connectivity index (χ1v) is 8.49. The number of benzene rings is 1. The van der Waals surface area contributed by atoms with Crippen LogP contribution in [-0.2, 0) is 6.42 Å². The Kier molecular flexibility index (Phi) is 4.55. The highest BCUT2D eigenvalue weighted by atomic mass is 35.5. The molecule has 2 aromatic rings. The van der Waals surface area contributed by atoms with Crippen molar-refractivity contribution in [1.29, 1.82) is 0 Å². The number of rotatable bonds is 3. The van der Waals surface area contributed by atoms with Crippen LogP contribution in [0.1, 0.15) is 12.5 Å². The third-order valence-corrected chi connectivity index (χ3v) is 4.85. The maximum absolute atomic E-state index is 12.4. The van der Waals surface area contributed by atoms with Gasteiger partial charge in [0.25, 0.3) is 0 Å². The first kappa shape index (κ1) is 15.2. The summed E-state index contributed by atoms with van der Waals surface area (Å²) in [5, 5.41) is 3.56. The number of urea groups is 1. The zero-order chi connectivity index (χ0) is 15.5. The van der Waals surface area contributed by atoms with Gasteiger partial charge < -0.3 is 5.32 Å². The number of hydrogen-bond acceptors (Lipinski definition) is 3. The molecule has 0 radical (unpaired) electrons. The Morgan fingerprint density at radius 1 is 1.50 bits per heavy atom. The van der Waals surface area contributed by atoms with Crippen molar-refractivity contribution in [3.8, 4) is 0 Å². The molecule has 22 heavy (non-hydrogen) atoms. The predicted octanol–water partition coefficient (Wildman–Crippen LogP) is 4.44. The van der Waals surface area contributed by atoms with Crippen molar-refractivity contribution in [1.82, 2.24) is 4.98 Å². The van der Waals surface area contributed by atoms with E-state index in [1.165, 1.54) is 5.56 Å². The van der Waals surface area contributed by atoms with Gasteiger partial charge in [0.2, 0.25) is 0 Å². The van der Waals surface area contributed by atoms with Crippen LogP contribution in [0.3, 0.4) is 0 Å². The van der Waals surface area contributed by atoms with E-state index in [1.807, 2.05) is 12.1 Å². The van der Waals surface area contributed by atoms with Crippen LogP contribution in [0.4, 0.5) is 16.2 Å². The summed E-state index contributed by atoms with van der Waals surface area (Å²) in [4.78, 5) is 19.2. The SMILES string of the molecule is CCSc1cc2c(cc1Cl)N(C(=O)Nc1cccnc1)CC2. The molecule has 3 rings (SSSR count). The second-order valence-electron chi connectivity index (χ2n) is 4.92. The summed E-state index contributed by atoms with van der Waals surface area (Å²) in [6.45, 7) is 2.76. The lowest BCUT2D eigenvalue weighted by Crippen LogP contribution is -2.33. The van der Waals surface area contributed by atoms with Crippen LogP contribution in [0.15, 0.2) is 41.6 Å². The van der Waals surface area contributed by atoms with E-state index in [-0.39, 0.29) is 6.03 Å². The van der Waals surface area contributed by atoms with Crippen LogP contribution in [0.5, 0.6) is 0 Å². The molecule has 0 spiro atoms. The number of nitrogens with zero attached hydrogens (tertiary/aromatic N) is 2. The van der Waals surface area contributed by atoms with Crippen LogP contribution in [0.2, 0.25) is 5.02 Å². The van der Waals surface area contributed by atoms with E-state index < -0.39 is 0 Å². The molecule has 0 unspecified atom stereocenters. The molecule has 6 heteroatoms. The molecule has 1 aliphatic rings. The Hall–Kier alpha value is -1.72. The van der Waals surface area contributed by atoms with Crippen molar-refractivity contribution < 1.29 is 4.79 Å². The number of carbonyl (C=O) groups excluding carboxylic acids is 1. The number of fused-ring (bicyclic) bond motifs is 1. The van der Waals surface area contributed by atoms with Crippen molar-refractivity contribution >= 4 is 40.8 Å². The Morgan fingerprint density at radius 2 is 2.36 bits per heavy atom. The van der Waals surface area contributed by atoms with Gasteiger partial charge in [0.1, 0.15) is 0 Å². The highest BCUT2D eigenvalue weighted by molar-refractivity contribution is 7.99. The van der Waals surface area contributed by atoms with Gasteiger partial charge in [-0.3, -0.25) is 9.88 Å². The van der Waals surface area contributed by atoms with E-state index >= 15 is 0 Å². The summed E-state index contributed by atoms with van der Waals surface area (Å²) in [7, 11) is 0. The molecule has 0 fully saturated rings. The third-order valence-electron chi connectivity index (χ3n) is 3.49. The van der Waals surface area contributed by atoms with Crippen molar-refractivity contribution in [2.45, 2.75) is 18.2 Å². The average molecular weight is 334 g/mol. The lowest BCUT2D eigenvalue weighted by Gasteiger charge is -2.18. The van der Waals surface area contributed by atoms with Gasteiger partial charge >= 0.3 is 6.03 Å². The van der Waals surface area contributed by atoms with Gasteiger partial charge in [-0.2, -0.15) is 0 Å². The minimum absolute atomic E-state index is 0.154. The molecule has 1 aliphatic heterocycles. The number of hydrogen-bond donors (Lipinski definition) is 1. The van der Waals surface area contributed by atoms with Crippen molar-refractivity contribution in [2.75, 3.05) is 22.5 Å². The molecular weight excluding hydrogens is 318 g/mol. The number of thioether (sulfide) groups is 1. The molecule has 2 heterocycles. The van der Waals surface area contributed by atoms with Crippen LogP contribution < -0.4 is 10.2 Å². The summed E-state index contributed by atoms with van der Waals surface area (Å²) in [5.41, 5.74) is 2.75. The molecule has 2 amide bonds. The topological polar surface area (TPSA) is 45.2 Å². The zero-order valence-electron chi connectivity index (χ0n) is 12.2. The van der Waals surface area contributed by atoms with E-state index in [2.05, 4.69) is 23.3 Å². The van der Waals surface area contributed by atoms with Crippen LogP contribution in [0.25, 0.3) is 0 Å². The van der Waals surface area contributed by atoms with Crippen LogP contribution >= 0.6 is 23.4 Å². The molecule has 4 nitrogen and oxygen atoms in total. The fourth-order valence-electron chi connectivity index (χ4n) is 2.49. The normalized spacial score (nSPS) is 13.1. The first-order chi connectivity index (χ1) is 10.7. The Balaban J connectivity index is 1.82. The van der Waals surface area contributed by atoms with Gasteiger partial charge in [-0.1, -0.05) is 18.5 Å². The van der Waals surface area contributed by atoms with E-state index in [1.54, 1.807) is 35.1 Å². The summed E-state index contributed by atoms with van der Waals surface area (Å²) in [5.74, 6) is 0.976. The number of pyridine rings is 1. The predicted molar refractivity (Wildman–Crippen MR) is 92.2 cm³/mol. The van der Waals surface area contributed by atoms with E-state index in [0.29, 0.717) is 17.3 Å². The molecule has 0 aliphatic carbocycles. The first-order valence-electron chi connectivity index (χ1n) is 7.13. The Morgan fingerprint density at radius 3 is 3.09 bits per heavy atom. The van der Waals surface area contributed by atoms with Crippen molar-refractivity contribution in [2.24, 2.45) is 0 Å². The fourth-order valence-corrected chi connectivity index (χ4v) is 3.55. The smallest absolute Gasteiger partial charge is 0.306 e. The summed E-state index contributed by atoms with van der Waals surface area (Å²) in [6, 6.07) is 7.45. The average Bonchev–Trinajstić information content (AvgIpc) is 2.91. The van der Waals surface area contributed by atoms with Gasteiger partial charge in [-0.15, -0.1) is 11.8 Å². The second kappa shape index (κ2) is 6.58. The van der Waals surface area contributed by atoms with Crippen molar-refractivity contribution in [3.63, 3.8) is 0 Å². The van der Waals surface area contributed by atoms with Gasteiger partial charge in [0.15, 0.2) is 0 Å². The molecule has 0 atom stereocenters. The maximum Gasteiger partial charge on any atom is 0.326 e. The van der Waals surface area contributed by atoms with E-state index in [4.69, 9.17) is 11.6 Å². The number of amides is 2. The summed E-state index contributed by atoms with van der Waals surface area (Å²) >= 11 is 8.05. The number of halogens is 1. The lowest BCUT2D eigenvalue weighted by molar-refractivity contribution is 0.257. The second-order valence-corrected chi connectivity index (χ2v) is 6.63. The highest BCUT2D eigenvalue weighted by Crippen LogP contribution is 2.37. The molecule has 1 aromatic heterocycles. The molecule has 0 saturated carbocycles. The van der Waals surface area contributed by atoms with E-state index in [0.717, 1.165) is 22.8 Å². The van der Waals surface area contributed by atoms with Crippen LogP contribution in [0, 0.1) is 0 Å². The summed E-state index contributed by atoms with van der Waals surface area (Å²) in [6.07, 6.45) is 4.15. The van der Waals surface area contributed by atoms with Gasteiger partial charge in [0, 0.05) is 17.6 Å². The van der Waals surface area contributed by atoms with E-state index in [9.17, 15) is 4.79 Å². The number of carbonyl (C=O) groups is 1. The largest absolute Gasteiger partial charge is 0.326 e. The van der Waals surface area contributed by atoms with Crippen molar-refractivity contribution in [3.05, 3.63) is 47.2 Å². The molecule has 1 N–H and O–H groups in total. The number of nitrogens with one attached hydrogen (secondary N) is 1. The number of aromatic nitrogens is 1. The monoisotopic (exact) mass is 333 g/mol. The van der Waals surface area contributed by atoms with Gasteiger partial charge in [-0.05, 0) is 42.0 Å². The zero-order valence-corrected chi connectivity index (χ0v) is 13.7. The Bertz CT molecular complexity index is 693. The number of anilines is 2. The quantitative estimate of drug-likeness (QED) is 0.844. The molecule has 0 saturated heterocycles. The highest BCUT2D eigenvalue weighted by Gasteiger charge is 2.26. The summed E-state index contributed by atoms with van der Waals surface area (Å²) < 4.78 is 0. The molecule has 1 aromatic carbocycles. The third kappa shape index (κ3) is 3.05. The fraction of sp³-hybridized carbons (Fsp3) is 0.250. The lowest BCUT2D eigenvalue weighted by atomic mass is 10.2. The van der Waals surface area contributed by atoms with Gasteiger partial charge in [0.05, 0.1) is 22.6 Å².